The number of hydrogen-bond donors (Lipinski definition) is 2. The van der Waals surface area contributed by atoms with Gasteiger partial charge in [0.1, 0.15) is 23.1 Å². The highest BCUT2D eigenvalue weighted by atomic mass is 35.5. The number of aryl methyl sites for hydroxylation is 2. The SMILES string of the molecule is Cc1nc(C)c(C(=O)NCC(=O)c2cccc(Cl)c2)c(C2CCN(C(=O)Nc3c(F)cccc3F)CC2)n1. The molecule has 38 heavy (non-hydrogen) atoms. The van der Waals surface area contributed by atoms with Crippen molar-refractivity contribution in [2.75, 3.05) is 25.0 Å². The molecule has 0 radical (unpaired) electrons. The number of aromatic nitrogens is 2. The molecular weight excluding hydrogens is 516 g/mol. The van der Waals surface area contributed by atoms with E-state index in [1.807, 2.05) is 0 Å². The van der Waals surface area contributed by atoms with Crippen molar-refractivity contribution >= 4 is 35.0 Å². The molecule has 2 heterocycles. The van der Waals surface area contributed by atoms with E-state index in [-0.39, 0.29) is 18.2 Å². The van der Waals surface area contributed by atoms with Crippen molar-refractivity contribution in [3.05, 3.63) is 87.5 Å². The lowest BCUT2D eigenvalue weighted by molar-refractivity contribution is 0.0901. The van der Waals surface area contributed by atoms with Gasteiger partial charge < -0.3 is 15.5 Å². The number of rotatable bonds is 6. The number of carbonyl (C=O) groups is 3. The van der Waals surface area contributed by atoms with Crippen LogP contribution >= 0.6 is 11.6 Å². The summed E-state index contributed by atoms with van der Waals surface area (Å²) in [6, 6.07) is 9.22. The van der Waals surface area contributed by atoms with Gasteiger partial charge in [-0.2, -0.15) is 0 Å². The van der Waals surface area contributed by atoms with Crippen LogP contribution in [-0.2, 0) is 0 Å². The maximum Gasteiger partial charge on any atom is 0.322 e. The number of likely N-dealkylation sites (tertiary alicyclic amines) is 1. The molecule has 1 aliphatic rings. The molecule has 1 aliphatic heterocycles. The van der Waals surface area contributed by atoms with Gasteiger partial charge in [-0.15, -0.1) is 0 Å². The number of Topliss-reactive ketones (excluding diaryl/α,β-unsaturated/α-hetero) is 1. The molecule has 1 fully saturated rings. The Morgan fingerprint density at radius 1 is 1.03 bits per heavy atom. The summed E-state index contributed by atoms with van der Waals surface area (Å²) >= 11 is 5.96. The van der Waals surface area contributed by atoms with E-state index in [2.05, 4.69) is 20.6 Å². The van der Waals surface area contributed by atoms with E-state index in [9.17, 15) is 23.2 Å². The van der Waals surface area contributed by atoms with Gasteiger partial charge in [-0.25, -0.2) is 23.5 Å². The third kappa shape index (κ3) is 6.13. The second-order valence-electron chi connectivity index (χ2n) is 9.02. The van der Waals surface area contributed by atoms with E-state index in [0.29, 0.717) is 59.3 Å². The minimum atomic E-state index is -0.857. The molecule has 4 rings (SSSR count). The van der Waals surface area contributed by atoms with Crippen LogP contribution in [0.3, 0.4) is 0 Å². The zero-order valence-corrected chi connectivity index (χ0v) is 21.6. The highest BCUT2D eigenvalue weighted by Gasteiger charge is 2.30. The maximum atomic E-state index is 13.9. The standard InChI is InChI=1S/C27H26ClF2N5O3/c1-15-23(26(37)31-14-22(36)18-5-3-6-19(28)13-18)24(33-16(2)32-15)17-9-11-35(12-10-17)27(38)34-25-20(29)7-4-8-21(25)30/h3-8,13,17H,9-12,14H2,1-2H3,(H,31,37)(H,34,38). The van der Waals surface area contributed by atoms with Crippen LogP contribution in [-0.4, -0.2) is 52.2 Å². The van der Waals surface area contributed by atoms with Gasteiger partial charge in [0.15, 0.2) is 5.78 Å². The fourth-order valence-corrected chi connectivity index (χ4v) is 4.68. The first-order valence-corrected chi connectivity index (χ1v) is 12.4. The largest absolute Gasteiger partial charge is 0.344 e. The highest BCUT2D eigenvalue weighted by Crippen LogP contribution is 2.31. The van der Waals surface area contributed by atoms with Crippen molar-refractivity contribution in [2.45, 2.75) is 32.6 Å². The molecule has 0 spiro atoms. The van der Waals surface area contributed by atoms with Crippen LogP contribution in [0, 0.1) is 25.5 Å². The first kappa shape index (κ1) is 27.1. The van der Waals surface area contributed by atoms with Crippen molar-refractivity contribution in [3.63, 3.8) is 0 Å². The van der Waals surface area contributed by atoms with Crippen molar-refractivity contribution in [1.82, 2.24) is 20.2 Å². The Morgan fingerprint density at radius 3 is 2.34 bits per heavy atom. The Balaban J connectivity index is 1.44. The van der Waals surface area contributed by atoms with Gasteiger partial charge in [-0.3, -0.25) is 9.59 Å². The number of amides is 3. The molecule has 2 N–H and O–H groups in total. The van der Waals surface area contributed by atoms with Gasteiger partial charge in [0, 0.05) is 29.6 Å². The fourth-order valence-electron chi connectivity index (χ4n) is 4.49. The first-order chi connectivity index (χ1) is 18.1. The number of halogens is 3. The molecule has 0 saturated carbocycles. The third-order valence-electron chi connectivity index (χ3n) is 6.38. The Morgan fingerprint density at radius 2 is 1.68 bits per heavy atom. The summed E-state index contributed by atoms with van der Waals surface area (Å²) in [5.41, 5.74) is 1.22. The quantitative estimate of drug-likeness (QED) is 0.425. The molecule has 1 aromatic heterocycles. The predicted molar refractivity (Wildman–Crippen MR) is 139 cm³/mol. The topological polar surface area (TPSA) is 104 Å². The molecule has 3 amide bonds. The van der Waals surface area contributed by atoms with E-state index in [1.165, 1.54) is 17.0 Å². The summed E-state index contributed by atoms with van der Waals surface area (Å²) in [6.45, 7) is 3.80. The maximum absolute atomic E-state index is 13.9. The number of benzene rings is 2. The van der Waals surface area contributed by atoms with Crippen LogP contribution < -0.4 is 10.6 Å². The van der Waals surface area contributed by atoms with Gasteiger partial charge in [-0.05, 0) is 51.0 Å². The zero-order chi connectivity index (χ0) is 27.4. The lowest BCUT2D eigenvalue weighted by atomic mass is 9.89. The lowest BCUT2D eigenvalue weighted by Gasteiger charge is -2.32. The van der Waals surface area contributed by atoms with Crippen LogP contribution in [0.5, 0.6) is 0 Å². The predicted octanol–water partition coefficient (Wildman–Crippen LogP) is 5.05. The molecule has 3 aromatic rings. The average molecular weight is 542 g/mol. The number of para-hydroxylation sites is 1. The molecule has 2 aromatic carbocycles. The van der Waals surface area contributed by atoms with Crippen LogP contribution in [0.1, 0.15) is 56.7 Å². The molecule has 198 valence electrons. The van der Waals surface area contributed by atoms with Gasteiger partial charge in [-0.1, -0.05) is 29.8 Å². The molecule has 11 heteroatoms. The van der Waals surface area contributed by atoms with Gasteiger partial charge in [0.05, 0.1) is 23.5 Å². The summed E-state index contributed by atoms with van der Waals surface area (Å²) in [5, 5.41) is 5.39. The molecule has 0 unspecified atom stereocenters. The summed E-state index contributed by atoms with van der Waals surface area (Å²) in [5.74, 6) is -2.13. The molecule has 8 nitrogen and oxygen atoms in total. The molecule has 1 saturated heterocycles. The van der Waals surface area contributed by atoms with E-state index in [4.69, 9.17) is 11.6 Å². The van der Waals surface area contributed by atoms with Crippen LogP contribution in [0.15, 0.2) is 42.5 Å². The second-order valence-corrected chi connectivity index (χ2v) is 9.46. The van der Waals surface area contributed by atoms with E-state index in [0.717, 1.165) is 12.1 Å². The number of piperidine rings is 1. The number of ketones is 1. The highest BCUT2D eigenvalue weighted by molar-refractivity contribution is 6.31. The van der Waals surface area contributed by atoms with Crippen LogP contribution in [0.4, 0.5) is 19.3 Å². The summed E-state index contributed by atoms with van der Waals surface area (Å²) < 4.78 is 27.9. The van der Waals surface area contributed by atoms with Gasteiger partial charge >= 0.3 is 6.03 Å². The van der Waals surface area contributed by atoms with Crippen molar-refractivity contribution in [2.24, 2.45) is 0 Å². The van der Waals surface area contributed by atoms with Crippen LogP contribution in [0.25, 0.3) is 0 Å². The number of carbonyl (C=O) groups excluding carboxylic acids is 3. The summed E-state index contributed by atoms with van der Waals surface area (Å²) in [7, 11) is 0. The van der Waals surface area contributed by atoms with E-state index >= 15 is 0 Å². The van der Waals surface area contributed by atoms with E-state index < -0.39 is 29.3 Å². The third-order valence-corrected chi connectivity index (χ3v) is 6.61. The Hall–Kier alpha value is -3.92. The Kier molecular flexibility index (Phi) is 8.31. The number of anilines is 1. The van der Waals surface area contributed by atoms with Gasteiger partial charge in [0.25, 0.3) is 5.91 Å². The molecule has 0 bridgehead atoms. The van der Waals surface area contributed by atoms with Crippen LogP contribution in [0.2, 0.25) is 5.02 Å². The number of hydrogen-bond acceptors (Lipinski definition) is 5. The monoisotopic (exact) mass is 541 g/mol. The zero-order valence-electron chi connectivity index (χ0n) is 20.9. The number of nitrogens with one attached hydrogen (secondary N) is 2. The first-order valence-electron chi connectivity index (χ1n) is 12.1. The minimum Gasteiger partial charge on any atom is -0.344 e. The molecule has 0 atom stereocenters. The van der Waals surface area contributed by atoms with Crippen molar-refractivity contribution in [1.29, 1.82) is 0 Å². The fraction of sp³-hybridized carbons (Fsp3) is 0.296. The second kappa shape index (κ2) is 11.6. The Labute approximate surface area is 223 Å². The molecular formula is C27H26ClF2N5O3. The number of urea groups is 1. The van der Waals surface area contributed by atoms with E-state index in [1.54, 1.807) is 32.0 Å². The summed E-state index contributed by atoms with van der Waals surface area (Å²) in [6.07, 6.45) is 0.954. The number of nitrogens with zero attached hydrogens (tertiary/aromatic N) is 3. The Bertz CT molecular complexity index is 1370. The smallest absolute Gasteiger partial charge is 0.322 e. The van der Waals surface area contributed by atoms with Crippen molar-refractivity contribution < 1.29 is 23.2 Å². The molecule has 0 aliphatic carbocycles. The lowest BCUT2D eigenvalue weighted by Crippen LogP contribution is -2.41. The normalized spacial score (nSPS) is 13.8. The minimum absolute atomic E-state index is 0.158. The summed E-state index contributed by atoms with van der Waals surface area (Å²) in [4.78, 5) is 48.7. The van der Waals surface area contributed by atoms with Gasteiger partial charge in [0.2, 0.25) is 0 Å². The average Bonchev–Trinajstić information content (AvgIpc) is 2.89. The van der Waals surface area contributed by atoms with Crippen molar-refractivity contribution in [3.8, 4) is 0 Å².